The molecule has 4 rings (SSSR count). The summed E-state index contributed by atoms with van der Waals surface area (Å²) in [5, 5.41) is 35.8. The number of esters is 2. The largest absolute Gasteiger partial charge is 0.458 e. The molecular formula is C60H104O8. The van der Waals surface area contributed by atoms with Gasteiger partial charge < -0.3 is 24.8 Å². The van der Waals surface area contributed by atoms with Crippen molar-refractivity contribution in [2.24, 2.45) is 29.1 Å². The molecule has 68 heavy (non-hydrogen) atoms. The molecule has 0 spiro atoms. The van der Waals surface area contributed by atoms with Crippen LogP contribution in [0.2, 0.25) is 0 Å². The second-order valence-electron chi connectivity index (χ2n) is 23.1. The SMILES string of the molecule is CCCCCCCCCCCCCCCCCCCC(=O)O[C@@H]1[C@@H](C)[C@@]2(O)[C@@H](C=C(CO)C[C@]3(O)C(=O)C(C)=C[C@@H]23)[C@@H]2C(C)(C)[C@]12OC(=O)CCCCCCCCCCCCCCCCCCC. The van der Waals surface area contributed by atoms with E-state index in [0.29, 0.717) is 17.6 Å². The Morgan fingerprint density at radius 3 is 1.34 bits per heavy atom. The van der Waals surface area contributed by atoms with E-state index >= 15 is 0 Å². The molecule has 4 aliphatic rings. The van der Waals surface area contributed by atoms with Crippen LogP contribution in [0.3, 0.4) is 0 Å². The van der Waals surface area contributed by atoms with Gasteiger partial charge in [-0.3, -0.25) is 14.4 Å². The molecule has 0 aromatic carbocycles. The number of fused-ring (bicyclic) bond motifs is 5. The van der Waals surface area contributed by atoms with Crippen LogP contribution in [0.1, 0.15) is 279 Å². The maximum Gasteiger partial charge on any atom is 0.306 e. The van der Waals surface area contributed by atoms with Crippen LogP contribution in [-0.4, -0.2) is 62.6 Å². The molecule has 0 aromatic heterocycles. The van der Waals surface area contributed by atoms with Crippen LogP contribution in [-0.2, 0) is 23.9 Å². The van der Waals surface area contributed by atoms with E-state index in [9.17, 15) is 29.7 Å². The fraction of sp³-hybridized carbons (Fsp3) is 0.883. The zero-order valence-electron chi connectivity index (χ0n) is 44.8. The molecule has 0 aliphatic heterocycles. The molecule has 392 valence electrons. The Labute approximate surface area is 416 Å². The van der Waals surface area contributed by atoms with Gasteiger partial charge in [-0.15, -0.1) is 0 Å². The minimum absolute atomic E-state index is 0.102. The maximum absolute atomic E-state index is 13.9. The highest BCUT2D eigenvalue weighted by Crippen LogP contribution is 2.77. The number of hydrogen-bond donors (Lipinski definition) is 3. The quantitative estimate of drug-likeness (QED) is 0.0315. The number of ketones is 1. The number of carbonyl (C=O) groups is 3. The summed E-state index contributed by atoms with van der Waals surface area (Å²) in [5.74, 6) is -4.09. The van der Waals surface area contributed by atoms with Gasteiger partial charge in [-0.05, 0) is 30.9 Å². The number of aliphatic hydroxyl groups excluding tert-OH is 1. The Bertz CT molecular complexity index is 1550. The number of unbranched alkanes of at least 4 members (excludes halogenated alkanes) is 32. The van der Waals surface area contributed by atoms with Gasteiger partial charge in [0.25, 0.3) is 0 Å². The van der Waals surface area contributed by atoms with Gasteiger partial charge in [-0.25, -0.2) is 0 Å². The zero-order chi connectivity index (χ0) is 49.5. The average Bonchev–Trinajstić information content (AvgIpc) is 3.74. The van der Waals surface area contributed by atoms with E-state index in [-0.39, 0.29) is 37.8 Å². The summed E-state index contributed by atoms with van der Waals surface area (Å²) in [6.07, 6.45) is 45.7. The highest BCUT2D eigenvalue weighted by atomic mass is 16.6. The second-order valence-corrected chi connectivity index (χ2v) is 23.1. The first kappa shape index (κ1) is 58.5. The van der Waals surface area contributed by atoms with E-state index in [1.807, 2.05) is 26.8 Å². The van der Waals surface area contributed by atoms with E-state index in [2.05, 4.69) is 13.8 Å². The number of aliphatic hydroxyl groups is 3. The predicted octanol–water partition coefficient (Wildman–Crippen LogP) is 15.1. The molecule has 0 bridgehead atoms. The van der Waals surface area contributed by atoms with E-state index in [1.165, 1.54) is 173 Å². The van der Waals surface area contributed by atoms with Crippen molar-refractivity contribution in [3.63, 3.8) is 0 Å². The summed E-state index contributed by atoms with van der Waals surface area (Å²) in [4.78, 5) is 41.5. The molecule has 2 fully saturated rings. The van der Waals surface area contributed by atoms with E-state index < -0.39 is 57.8 Å². The highest BCUT2D eigenvalue weighted by molar-refractivity contribution is 6.04. The minimum Gasteiger partial charge on any atom is -0.458 e. The van der Waals surface area contributed by atoms with Crippen LogP contribution >= 0.6 is 0 Å². The van der Waals surface area contributed by atoms with Crippen LogP contribution < -0.4 is 0 Å². The van der Waals surface area contributed by atoms with Crippen molar-refractivity contribution in [2.75, 3.05) is 6.61 Å². The van der Waals surface area contributed by atoms with Crippen molar-refractivity contribution in [1.29, 1.82) is 0 Å². The Morgan fingerprint density at radius 1 is 0.588 bits per heavy atom. The molecule has 4 aliphatic carbocycles. The summed E-state index contributed by atoms with van der Waals surface area (Å²) in [6, 6.07) is 0. The standard InChI is InChI=1S/C60H104O8/c1-7-9-11-13-15-17-19-21-23-25-27-29-31-33-35-37-39-41-52(62)67-56-48(4)59(66)50(44-49(46-61)45-58(65)51(59)43-47(3)55(58)64)54-57(5,6)60(54,56)68-53(63)42-40-38-36-34-32-30-28-26-24-22-20-18-16-14-12-10-8-2/h43-44,48,50-51,54,56,61,65-66H,7-42,45-46H2,1-6H3/t48-,50+,51-,54-,56-,58-,59-,60-/m1/s1. The number of Topliss-reactive ketones (excluding diaryl/α,β-unsaturated/α-hetero) is 1. The van der Waals surface area contributed by atoms with Gasteiger partial charge in [0.05, 0.1) is 12.2 Å². The predicted molar refractivity (Wildman–Crippen MR) is 278 cm³/mol. The molecule has 0 aromatic rings. The van der Waals surface area contributed by atoms with Gasteiger partial charge in [-0.1, -0.05) is 252 Å². The van der Waals surface area contributed by atoms with Crippen LogP contribution in [0.25, 0.3) is 0 Å². The fourth-order valence-corrected chi connectivity index (χ4v) is 13.3. The molecule has 0 heterocycles. The monoisotopic (exact) mass is 953 g/mol. The van der Waals surface area contributed by atoms with Crippen LogP contribution in [0.5, 0.6) is 0 Å². The van der Waals surface area contributed by atoms with Crippen molar-refractivity contribution >= 4 is 17.7 Å². The Morgan fingerprint density at radius 2 is 0.956 bits per heavy atom. The molecule has 8 atom stereocenters. The normalized spacial score (nSPS) is 28.0. The Balaban J connectivity index is 1.27. The van der Waals surface area contributed by atoms with Crippen molar-refractivity contribution in [3.8, 4) is 0 Å². The third-order valence-electron chi connectivity index (χ3n) is 17.5. The molecule has 2 saturated carbocycles. The van der Waals surface area contributed by atoms with Crippen molar-refractivity contribution in [1.82, 2.24) is 0 Å². The van der Waals surface area contributed by atoms with Crippen LogP contribution in [0, 0.1) is 29.1 Å². The minimum atomic E-state index is -1.94. The number of carbonyl (C=O) groups excluding carboxylic acids is 3. The van der Waals surface area contributed by atoms with Gasteiger partial charge in [0.1, 0.15) is 11.7 Å². The first-order chi connectivity index (χ1) is 32.8. The molecule has 3 N–H and O–H groups in total. The lowest BCUT2D eigenvalue weighted by atomic mass is 9.59. The third-order valence-corrected chi connectivity index (χ3v) is 17.5. The molecule has 8 heteroatoms. The summed E-state index contributed by atoms with van der Waals surface area (Å²) in [6.45, 7) is 11.7. The van der Waals surface area contributed by atoms with Gasteiger partial charge in [0, 0.05) is 48.3 Å². The summed E-state index contributed by atoms with van der Waals surface area (Å²) in [7, 11) is 0. The number of ether oxygens (including phenoxy) is 2. The van der Waals surface area contributed by atoms with Crippen molar-refractivity contribution in [3.05, 3.63) is 23.3 Å². The summed E-state index contributed by atoms with van der Waals surface area (Å²) >= 11 is 0. The molecule has 0 saturated heterocycles. The maximum atomic E-state index is 13.9. The lowest BCUT2D eigenvalue weighted by molar-refractivity contribution is -0.229. The van der Waals surface area contributed by atoms with Gasteiger partial charge >= 0.3 is 11.9 Å². The Kier molecular flexibility index (Phi) is 25.9. The number of rotatable bonds is 39. The summed E-state index contributed by atoms with van der Waals surface area (Å²) in [5.41, 5.74) is -4.74. The van der Waals surface area contributed by atoms with Crippen LogP contribution in [0.15, 0.2) is 23.3 Å². The van der Waals surface area contributed by atoms with Crippen LogP contribution in [0.4, 0.5) is 0 Å². The molecular weight excluding hydrogens is 849 g/mol. The first-order valence-corrected chi connectivity index (χ1v) is 29.2. The van der Waals surface area contributed by atoms with Crippen molar-refractivity contribution in [2.45, 2.75) is 302 Å². The van der Waals surface area contributed by atoms with Gasteiger partial charge in [-0.2, -0.15) is 0 Å². The second kappa shape index (κ2) is 30.1. The first-order valence-electron chi connectivity index (χ1n) is 29.2. The lowest BCUT2D eigenvalue weighted by Gasteiger charge is -2.53. The fourth-order valence-electron chi connectivity index (χ4n) is 13.3. The lowest BCUT2D eigenvalue weighted by Crippen LogP contribution is -2.66. The average molecular weight is 953 g/mol. The number of hydrogen-bond acceptors (Lipinski definition) is 8. The van der Waals surface area contributed by atoms with Gasteiger partial charge in [0.15, 0.2) is 11.4 Å². The van der Waals surface area contributed by atoms with E-state index in [0.717, 1.165) is 38.5 Å². The van der Waals surface area contributed by atoms with E-state index in [4.69, 9.17) is 9.47 Å². The molecule has 0 unspecified atom stereocenters. The van der Waals surface area contributed by atoms with Gasteiger partial charge in [0.2, 0.25) is 0 Å². The molecule has 0 amide bonds. The van der Waals surface area contributed by atoms with E-state index in [1.54, 1.807) is 13.0 Å². The summed E-state index contributed by atoms with van der Waals surface area (Å²) < 4.78 is 13.1. The zero-order valence-corrected chi connectivity index (χ0v) is 44.8. The highest BCUT2D eigenvalue weighted by Gasteiger charge is 2.88. The Hall–Kier alpha value is -2.03. The molecule has 8 nitrogen and oxygen atoms in total. The smallest absolute Gasteiger partial charge is 0.306 e. The topological polar surface area (TPSA) is 130 Å². The third kappa shape index (κ3) is 15.7. The van der Waals surface area contributed by atoms with Crippen molar-refractivity contribution < 1.29 is 39.2 Å². The molecule has 0 radical (unpaired) electrons.